The topological polar surface area (TPSA) is 23.5 Å². The maximum atomic E-state index is 10.3. The molecular weight excluding hydrogens is 198 g/mol. The third kappa shape index (κ3) is 1.60. The van der Waals surface area contributed by atoms with E-state index in [1.54, 1.807) is 0 Å². The molecule has 0 atom stereocenters. The lowest BCUT2D eigenvalue weighted by molar-refractivity contribution is 0.381. The van der Waals surface area contributed by atoms with E-state index in [-0.39, 0.29) is 0 Å². The predicted octanol–water partition coefficient (Wildman–Crippen LogP) is 3.32. The van der Waals surface area contributed by atoms with Crippen molar-refractivity contribution in [3.8, 4) is 0 Å². The summed E-state index contributed by atoms with van der Waals surface area (Å²) in [5.74, 6) is 0.389. The Bertz CT molecular complexity index is 471. The highest BCUT2D eigenvalue weighted by Crippen LogP contribution is 2.32. The van der Waals surface area contributed by atoms with Gasteiger partial charge in [0.25, 0.3) is 0 Å². The van der Waals surface area contributed by atoms with Gasteiger partial charge in [-0.3, -0.25) is 0 Å². The van der Waals surface area contributed by atoms with E-state index in [1.807, 2.05) is 45.2 Å². The number of aliphatic hydroxyl groups excluding tert-OH is 1. The zero-order valence-electron chi connectivity index (χ0n) is 9.99. The smallest absolute Gasteiger partial charge is 0.146 e. The summed E-state index contributed by atoms with van der Waals surface area (Å²) in [7, 11) is 2.01. The Morgan fingerprint density at radius 2 is 2.06 bits per heavy atom. The molecule has 1 aromatic carbocycles. The Morgan fingerprint density at radius 1 is 1.38 bits per heavy atom. The first-order valence-electron chi connectivity index (χ1n) is 5.51. The number of allylic oxidation sites excluding steroid dienone is 2. The first-order chi connectivity index (χ1) is 7.65. The summed E-state index contributed by atoms with van der Waals surface area (Å²) in [5.41, 5.74) is 4.17. The summed E-state index contributed by atoms with van der Waals surface area (Å²) >= 11 is 0. The van der Waals surface area contributed by atoms with Gasteiger partial charge in [0.15, 0.2) is 0 Å². The van der Waals surface area contributed by atoms with Crippen LogP contribution < -0.4 is 0 Å². The summed E-state index contributed by atoms with van der Waals surface area (Å²) in [4.78, 5) is 2.09. The highest BCUT2D eigenvalue weighted by Gasteiger charge is 2.22. The van der Waals surface area contributed by atoms with Crippen LogP contribution in [0.4, 0.5) is 0 Å². The fourth-order valence-corrected chi connectivity index (χ4v) is 2.16. The Hall–Kier alpha value is -1.70. The van der Waals surface area contributed by atoms with Crippen molar-refractivity contribution in [1.82, 2.24) is 4.90 Å². The van der Waals surface area contributed by atoms with Crippen LogP contribution in [0.2, 0.25) is 0 Å². The Labute approximate surface area is 96.5 Å². The summed E-state index contributed by atoms with van der Waals surface area (Å²) < 4.78 is 0. The zero-order valence-corrected chi connectivity index (χ0v) is 9.99. The van der Waals surface area contributed by atoms with Crippen molar-refractivity contribution in [3.63, 3.8) is 0 Å². The van der Waals surface area contributed by atoms with Crippen LogP contribution in [0.5, 0.6) is 0 Å². The third-order valence-electron chi connectivity index (χ3n) is 3.09. The lowest BCUT2D eigenvalue weighted by atomic mass is 9.97. The monoisotopic (exact) mass is 215 g/mol. The molecule has 0 saturated carbocycles. The van der Waals surface area contributed by atoms with Gasteiger partial charge in [-0.1, -0.05) is 30.3 Å². The Balaban J connectivity index is 2.61. The Kier molecular flexibility index (Phi) is 2.73. The van der Waals surface area contributed by atoms with E-state index >= 15 is 0 Å². The van der Waals surface area contributed by atoms with Crippen LogP contribution >= 0.6 is 0 Å². The fraction of sp³-hybridized carbons (Fsp3) is 0.286. The van der Waals surface area contributed by atoms with Crippen molar-refractivity contribution in [2.24, 2.45) is 0 Å². The molecule has 0 spiro atoms. The van der Waals surface area contributed by atoms with Crippen LogP contribution in [0, 0.1) is 0 Å². The van der Waals surface area contributed by atoms with Crippen molar-refractivity contribution in [2.75, 3.05) is 7.05 Å². The van der Waals surface area contributed by atoms with Crippen LogP contribution in [0.1, 0.15) is 25.0 Å². The van der Waals surface area contributed by atoms with Gasteiger partial charge in [-0.2, -0.15) is 0 Å². The second-order valence-electron chi connectivity index (χ2n) is 4.18. The molecule has 16 heavy (non-hydrogen) atoms. The lowest BCUT2D eigenvalue weighted by Crippen LogP contribution is -2.24. The molecule has 0 aliphatic carbocycles. The number of aliphatic hydroxyl groups is 1. The highest BCUT2D eigenvalue weighted by molar-refractivity contribution is 5.69. The van der Waals surface area contributed by atoms with Crippen molar-refractivity contribution in [1.29, 1.82) is 0 Å². The predicted molar refractivity (Wildman–Crippen MR) is 66.9 cm³/mol. The van der Waals surface area contributed by atoms with E-state index in [0.29, 0.717) is 5.76 Å². The summed E-state index contributed by atoms with van der Waals surface area (Å²) in [6.45, 7) is 4.86. The molecule has 2 nitrogen and oxygen atoms in total. The standard InChI is InChI=1S/C14H17NO/c1-4-10(2)13-14(16)12-8-6-5-7-11(12)9-15(13)3/h4-8,16H,9H2,1-3H3/b10-4+. The van der Waals surface area contributed by atoms with Crippen molar-refractivity contribution < 1.29 is 5.11 Å². The first-order valence-corrected chi connectivity index (χ1v) is 5.51. The molecule has 1 aromatic rings. The summed E-state index contributed by atoms with van der Waals surface area (Å²) in [6.07, 6.45) is 2.02. The molecule has 1 aliphatic rings. The first kappa shape index (κ1) is 10.8. The van der Waals surface area contributed by atoms with Gasteiger partial charge < -0.3 is 10.0 Å². The highest BCUT2D eigenvalue weighted by atomic mass is 16.3. The van der Waals surface area contributed by atoms with Gasteiger partial charge in [0.1, 0.15) is 5.76 Å². The molecule has 1 N–H and O–H groups in total. The SMILES string of the molecule is C/C=C(\C)C1=C(O)c2ccccc2CN1C. The van der Waals surface area contributed by atoms with Crippen LogP contribution in [0.25, 0.3) is 5.76 Å². The van der Waals surface area contributed by atoms with Crippen molar-refractivity contribution in [2.45, 2.75) is 20.4 Å². The molecule has 2 rings (SSSR count). The third-order valence-corrected chi connectivity index (χ3v) is 3.09. The lowest BCUT2D eigenvalue weighted by Gasteiger charge is -2.30. The molecule has 0 fully saturated rings. The van der Waals surface area contributed by atoms with E-state index < -0.39 is 0 Å². The summed E-state index contributed by atoms with van der Waals surface area (Å²) in [6, 6.07) is 8.00. The van der Waals surface area contributed by atoms with E-state index in [9.17, 15) is 5.11 Å². The van der Waals surface area contributed by atoms with Gasteiger partial charge in [0.2, 0.25) is 0 Å². The van der Waals surface area contributed by atoms with Gasteiger partial charge in [-0.25, -0.2) is 0 Å². The molecule has 0 saturated heterocycles. The van der Waals surface area contributed by atoms with Crippen LogP contribution in [0.15, 0.2) is 41.6 Å². The average Bonchev–Trinajstić information content (AvgIpc) is 2.28. The molecule has 2 heteroatoms. The number of benzene rings is 1. The molecule has 0 amide bonds. The fourth-order valence-electron chi connectivity index (χ4n) is 2.16. The van der Waals surface area contributed by atoms with Crippen molar-refractivity contribution >= 4 is 5.76 Å². The zero-order chi connectivity index (χ0) is 11.7. The summed E-state index contributed by atoms with van der Waals surface area (Å²) in [5, 5.41) is 10.3. The van der Waals surface area contributed by atoms with Crippen LogP contribution in [0.3, 0.4) is 0 Å². The molecule has 84 valence electrons. The van der Waals surface area contributed by atoms with Crippen molar-refractivity contribution in [3.05, 3.63) is 52.7 Å². The molecule has 1 heterocycles. The van der Waals surface area contributed by atoms with E-state index in [0.717, 1.165) is 23.4 Å². The number of nitrogens with zero attached hydrogens (tertiary/aromatic N) is 1. The van der Waals surface area contributed by atoms with Crippen LogP contribution in [-0.4, -0.2) is 17.1 Å². The van der Waals surface area contributed by atoms with Gasteiger partial charge in [-0.05, 0) is 25.0 Å². The molecule has 0 radical (unpaired) electrons. The largest absolute Gasteiger partial charge is 0.505 e. The van der Waals surface area contributed by atoms with Crippen LogP contribution in [-0.2, 0) is 6.54 Å². The second-order valence-corrected chi connectivity index (χ2v) is 4.18. The number of hydrogen-bond acceptors (Lipinski definition) is 2. The van der Waals surface area contributed by atoms with E-state index in [1.165, 1.54) is 5.56 Å². The van der Waals surface area contributed by atoms with Gasteiger partial charge >= 0.3 is 0 Å². The van der Waals surface area contributed by atoms with Gasteiger partial charge in [0.05, 0.1) is 5.70 Å². The van der Waals surface area contributed by atoms with Gasteiger partial charge in [-0.15, -0.1) is 0 Å². The number of fused-ring (bicyclic) bond motifs is 1. The minimum atomic E-state index is 0.389. The number of hydrogen-bond donors (Lipinski definition) is 1. The second kappa shape index (κ2) is 4.05. The van der Waals surface area contributed by atoms with Gasteiger partial charge in [0, 0.05) is 19.2 Å². The molecule has 0 bridgehead atoms. The molecule has 1 aliphatic heterocycles. The maximum Gasteiger partial charge on any atom is 0.146 e. The van der Waals surface area contributed by atoms with E-state index in [4.69, 9.17) is 0 Å². The maximum absolute atomic E-state index is 10.3. The number of rotatable bonds is 1. The quantitative estimate of drug-likeness (QED) is 0.776. The Morgan fingerprint density at radius 3 is 2.75 bits per heavy atom. The molecule has 0 aromatic heterocycles. The average molecular weight is 215 g/mol. The normalized spacial score (nSPS) is 16.4. The van der Waals surface area contributed by atoms with E-state index in [2.05, 4.69) is 11.0 Å². The molecular formula is C14H17NO. The minimum absolute atomic E-state index is 0.389. The molecule has 0 unspecified atom stereocenters. The minimum Gasteiger partial charge on any atom is -0.505 e. The number of likely N-dealkylation sites (N-methyl/N-ethyl adjacent to an activating group) is 1.